The predicted octanol–water partition coefficient (Wildman–Crippen LogP) is 2.53. The normalized spacial score (nSPS) is 20.9. The summed E-state index contributed by atoms with van der Waals surface area (Å²) in [6.07, 6.45) is 2.16. The van der Waals surface area contributed by atoms with Crippen molar-refractivity contribution in [2.24, 2.45) is 5.92 Å². The molecule has 1 saturated heterocycles. The largest absolute Gasteiger partial charge is 0.508 e. The molecular weight excluding hydrogens is 252 g/mol. The number of likely N-dealkylation sites (tertiary alicyclic amines) is 1. The van der Waals surface area contributed by atoms with Crippen LogP contribution in [0.3, 0.4) is 0 Å². The van der Waals surface area contributed by atoms with E-state index in [2.05, 4.69) is 6.92 Å². The van der Waals surface area contributed by atoms with Gasteiger partial charge < -0.3 is 10.0 Å². The van der Waals surface area contributed by atoms with Gasteiger partial charge in [-0.15, -0.1) is 0 Å². The highest BCUT2D eigenvalue weighted by Crippen LogP contribution is 2.29. The molecule has 3 rings (SSSR count). The van der Waals surface area contributed by atoms with Crippen LogP contribution in [0.15, 0.2) is 41.8 Å². The smallest absolute Gasteiger partial charge is 0.278 e. The van der Waals surface area contributed by atoms with Gasteiger partial charge in [0.05, 0.1) is 6.54 Å². The van der Waals surface area contributed by atoms with Crippen molar-refractivity contribution < 1.29 is 9.90 Å². The van der Waals surface area contributed by atoms with Crippen LogP contribution in [0, 0.1) is 5.92 Å². The molecule has 0 saturated carbocycles. The molecule has 1 N–H and O–H groups in total. The molecule has 2 heterocycles. The van der Waals surface area contributed by atoms with Gasteiger partial charge in [0, 0.05) is 18.8 Å². The monoisotopic (exact) mass is 272 g/mol. The molecule has 0 radical (unpaired) electrons. The molecule has 20 heavy (non-hydrogen) atoms. The Kier molecular flexibility index (Phi) is 3.38. The average molecular weight is 272 g/mol. The van der Waals surface area contributed by atoms with Gasteiger partial charge in [-0.3, -0.25) is 9.69 Å². The van der Waals surface area contributed by atoms with Crippen LogP contribution >= 0.6 is 0 Å². The third kappa shape index (κ3) is 2.26. The summed E-state index contributed by atoms with van der Waals surface area (Å²) in [6, 6.07) is 9.52. The maximum atomic E-state index is 12.6. The second-order valence-corrected chi connectivity index (χ2v) is 5.69. The molecule has 1 aromatic carbocycles. The zero-order valence-electron chi connectivity index (χ0n) is 11.7. The quantitative estimate of drug-likeness (QED) is 0.899. The molecule has 0 bridgehead atoms. The number of benzene rings is 1. The molecule has 2 aliphatic heterocycles. The van der Waals surface area contributed by atoms with Gasteiger partial charge in [-0.2, -0.15) is 0 Å². The molecular formula is C16H20N2O2. The van der Waals surface area contributed by atoms with E-state index in [1.165, 1.54) is 0 Å². The van der Waals surface area contributed by atoms with Gasteiger partial charge in [-0.1, -0.05) is 25.1 Å². The van der Waals surface area contributed by atoms with Gasteiger partial charge in [-0.25, -0.2) is 0 Å². The van der Waals surface area contributed by atoms with Gasteiger partial charge in [0.1, 0.15) is 11.5 Å². The predicted molar refractivity (Wildman–Crippen MR) is 78.4 cm³/mol. The lowest BCUT2D eigenvalue weighted by Gasteiger charge is -2.32. The van der Waals surface area contributed by atoms with Crippen molar-refractivity contribution in [1.82, 2.24) is 4.90 Å². The average Bonchev–Trinajstić information content (AvgIpc) is 2.76. The van der Waals surface area contributed by atoms with Gasteiger partial charge in [0.15, 0.2) is 0 Å². The number of amides is 1. The Morgan fingerprint density at radius 1 is 1.15 bits per heavy atom. The summed E-state index contributed by atoms with van der Waals surface area (Å²) in [5, 5.41) is 10.2. The number of hydrogen-bond acceptors (Lipinski definition) is 3. The van der Waals surface area contributed by atoms with Crippen LogP contribution in [0.25, 0.3) is 0 Å². The topological polar surface area (TPSA) is 43.8 Å². The second kappa shape index (κ2) is 5.19. The zero-order valence-corrected chi connectivity index (χ0v) is 11.7. The standard InChI is InChI=1S/C16H20N2O2/c1-12-7-9-17(10-8-12)15-14(19)11-18(16(15)20)13-5-3-2-4-6-13/h2-6,12,19H,7-11H2,1H3. The van der Waals surface area contributed by atoms with Crippen LogP contribution in [-0.2, 0) is 4.79 Å². The van der Waals surface area contributed by atoms with E-state index in [0.29, 0.717) is 11.6 Å². The summed E-state index contributed by atoms with van der Waals surface area (Å²) in [5.41, 5.74) is 1.34. The molecule has 1 fully saturated rings. The number of anilines is 1. The summed E-state index contributed by atoms with van der Waals surface area (Å²) in [4.78, 5) is 16.2. The van der Waals surface area contributed by atoms with E-state index in [0.717, 1.165) is 31.6 Å². The number of carbonyl (C=O) groups excluding carboxylic acids is 1. The molecule has 4 heteroatoms. The second-order valence-electron chi connectivity index (χ2n) is 5.69. The van der Waals surface area contributed by atoms with E-state index < -0.39 is 0 Å². The van der Waals surface area contributed by atoms with E-state index in [1.54, 1.807) is 4.90 Å². The van der Waals surface area contributed by atoms with Gasteiger partial charge >= 0.3 is 0 Å². The number of rotatable bonds is 2. The first-order valence-electron chi connectivity index (χ1n) is 7.21. The number of hydrogen-bond donors (Lipinski definition) is 1. The van der Waals surface area contributed by atoms with Crippen molar-refractivity contribution in [2.45, 2.75) is 19.8 Å². The molecule has 1 aromatic rings. The molecule has 0 spiro atoms. The number of carbonyl (C=O) groups is 1. The Hall–Kier alpha value is -1.97. The van der Waals surface area contributed by atoms with Crippen molar-refractivity contribution in [1.29, 1.82) is 0 Å². The van der Waals surface area contributed by atoms with Crippen LogP contribution < -0.4 is 4.90 Å². The lowest BCUT2D eigenvalue weighted by molar-refractivity contribution is -0.116. The number of aliphatic hydroxyl groups excluding tert-OH is 1. The fourth-order valence-electron chi connectivity index (χ4n) is 2.91. The minimum absolute atomic E-state index is 0.0803. The fraction of sp³-hybridized carbons (Fsp3) is 0.438. The van der Waals surface area contributed by atoms with Crippen molar-refractivity contribution in [3.05, 3.63) is 41.8 Å². The summed E-state index contributed by atoms with van der Waals surface area (Å²) in [5.74, 6) is 0.826. The highest BCUT2D eigenvalue weighted by atomic mass is 16.3. The summed E-state index contributed by atoms with van der Waals surface area (Å²) in [7, 11) is 0. The minimum Gasteiger partial charge on any atom is -0.508 e. The SMILES string of the molecule is CC1CCN(C2=C(O)CN(c3ccccc3)C2=O)CC1. The molecule has 2 aliphatic rings. The van der Waals surface area contributed by atoms with Crippen molar-refractivity contribution in [2.75, 3.05) is 24.5 Å². The van der Waals surface area contributed by atoms with Crippen LogP contribution in [-0.4, -0.2) is 35.5 Å². The lowest BCUT2D eigenvalue weighted by atomic mass is 9.99. The Labute approximate surface area is 119 Å². The number of aliphatic hydroxyl groups is 1. The fourth-order valence-corrected chi connectivity index (χ4v) is 2.91. The molecule has 0 aliphatic carbocycles. The Balaban J connectivity index is 1.79. The number of nitrogens with zero attached hydrogens (tertiary/aromatic N) is 2. The van der Waals surface area contributed by atoms with Crippen LogP contribution in [0.2, 0.25) is 0 Å². The molecule has 1 amide bonds. The maximum absolute atomic E-state index is 12.6. The first-order chi connectivity index (χ1) is 9.66. The van der Waals surface area contributed by atoms with Crippen molar-refractivity contribution in [3.8, 4) is 0 Å². The summed E-state index contributed by atoms with van der Waals surface area (Å²) >= 11 is 0. The minimum atomic E-state index is -0.0803. The lowest BCUT2D eigenvalue weighted by Crippen LogP contribution is -2.37. The first kappa shape index (κ1) is 13.0. The van der Waals surface area contributed by atoms with E-state index in [1.807, 2.05) is 35.2 Å². The number of piperidine rings is 1. The molecule has 0 unspecified atom stereocenters. The van der Waals surface area contributed by atoms with E-state index in [9.17, 15) is 9.90 Å². The highest BCUT2D eigenvalue weighted by molar-refractivity contribution is 6.08. The Morgan fingerprint density at radius 3 is 2.45 bits per heavy atom. The van der Waals surface area contributed by atoms with Crippen molar-refractivity contribution >= 4 is 11.6 Å². The third-order valence-corrected chi connectivity index (χ3v) is 4.20. The number of para-hydroxylation sites is 1. The van der Waals surface area contributed by atoms with Crippen LogP contribution in [0.5, 0.6) is 0 Å². The van der Waals surface area contributed by atoms with Gasteiger partial charge in [-0.05, 0) is 30.9 Å². The molecule has 0 aromatic heterocycles. The highest BCUT2D eigenvalue weighted by Gasteiger charge is 2.35. The summed E-state index contributed by atoms with van der Waals surface area (Å²) < 4.78 is 0. The zero-order chi connectivity index (χ0) is 14.1. The third-order valence-electron chi connectivity index (χ3n) is 4.20. The van der Waals surface area contributed by atoms with Crippen LogP contribution in [0.4, 0.5) is 5.69 Å². The van der Waals surface area contributed by atoms with E-state index in [4.69, 9.17) is 0 Å². The van der Waals surface area contributed by atoms with Crippen molar-refractivity contribution in [3.63, 3.8) is 0 Å². The molecule has 4 nitrogen and oxygen atoms in total. The van der Waals surface area contributed by atoms with Gasteiger partial charge in [0.25, 0.3) is 5.91 Å². The Bertz CT molecular complexity index is 531. The first-order valence-corrected chi connectivity index (χ1v) is 7.21. The van der Waals surface area contributed by atoms with Gasteiger partial charge in [0.2, 0.25) is 0 Å². The van der Waals surface area contributed by atoms with E-state index in [-0.39, 0.29) is 18.2 Å². The van der Waals surface area contributed by atoms with E-state index >= 15 is 0 Å². The molecule has 0 atom stereocenters. The van der Waals surface area contributed by atoms with Crippen LogP contribution in [0.1, 0.15) is 19.8 Å². The Morgan fingerprint density at radius 2 is 1.80 bits per heavy atom. The summed E-state index contributed by atoms with van der Waals surface area (Å²) in [6.45, 7) is 4.23. The molecule has 106 valence electrons. The maximum Gasteiger partial charge on any atom is 0.278 e.